The maximum Gasteiger partial charge on any atom is 0.236 e. The molecular formula is C20H24N6OS. The van der Waals surface area contributed by atoms with E-state index >= 15 is 0 Å². The molecule has 2 aromatic heterocycles. The highest BCUT2D eigenvalue weighted by Crippen LogP contribution is 2.19. The third-order valence-corrected chi connectivity index (χ3v) is 5.76. The van der Waals surface area contributed by atoms with Crippen molar-refractivity contribution < 1.29 is 4.79 Å². The maximum atomic E-state index is 12.6. The fraction of sp³-hybridized carbons (Fsp3) is 0.350. The molecule has 146 valence electrons. The van der Waals surface area contributed by atoms with Crippen molar-refractivity contribution in [3.05, 3.63) is 59.9 Å². The van der Waals surface area contributed by atoms with Gasteiger partial charge in [0.15, 0.2) is 5.13 Å². The molecule has 0 N–H and O–H groups in total. The molecule has 3 heterocycles. The van der Waals surface area contributed by atoms with Gasteiger partial charge in [-0.3, -0.25) is 9.69 Å². The van der Waals surface area contributed by atoms with Gasteiger partial charge in [0.25, 0.3) is 0 Å². The molecule has 7 nitrogen and oxygen atoms in total. The number of amides is 1. The molecule has 0 radical (unpaired) electrons. The number of para-hydroxylation sites is 1. The molecule has 0 atom stereocenters. The van der Waals surface area contributed by atoms with Gasteiger partial charge in [-0.05, 0) is 12.1 Å². The molecule has 0 unspecified atom stereocenters. The lowest BCUT2D eigenvalue weighted by Gasteiger charge is -2.34. The van der Waals surface area contributed by atoms with Gasteiger partial charge in [-0.1, -0.05) is 18.2 Å². The second kappa shape index (κ2) is 8.53. The van der Waals surface area contributed by atoms with Crippen molar-refractivity contribution in [1.82, 2.24) is 24.6 Å². The Labute approximate surface area is 168 Å². The predicted octanol–water partition coefficient (Wildman–Crippen LogP) is 2.11. The summed E-state index contributed by atoms with van der Waals surface area (Å²) >= 11 is 1.66. The van der Waals surface area contributed by atoms with E-state index in [-0.39, 0.29) is 5.91 Å². The highest BCUT2D eigenvalue weighted by Gasteiger charge is 2.21. The first-order valence-electron chi connectivity index (χ1n) is 9.39. The van der Waals surface area contributed by atoms with E-state index in [9.17, 15) is 4.79 Å². The number of carbonyl (C=O) groups is 1. The zero-order valence-electron chi connectivity index (χ0n) is 15.9. The van der Waals surface area contributed by atoms with Crippen LogP contribution in [0.1, 0.15) is 5.56 Å². The summed E-state index contributed by atoms with van der Waals surface area (Å²) in [7, 11) is 1.86. The molecule has 0 aliphatic carbocycles. The fourth-order valence-corrected chi connectivity index (χ4v) is 4.00. The van der Waals surface area contributed by atoms with Gasteiger partial charge in [0.05, 0.1) is 18.4 Å². The number of anilines is 1. The van der Waals surface area contributed by atoms with Crippen LogP contribution in [0.25, 0.3) is 5.69 Å². The summed E-state index contributed by atoms with van der Waals surface area (Å²) in [4.78, 5) is 23.3. The molecule has 1 aliphatic heterocycles. The number of likely N-dealkylation sites (N-methyl/N-ethyl adjacent to an activating group) is 1. The van der Waals surface area contributed by atoms with Crippen LogP contribution in [0, 0.1) is 0 Å². The number of hydrogen-bond acceptors (Lipinski definition) is 6. The van der Waals surface area contributed by atoms with Crippen LogP contribution in [0.4, 0.5) is 5.13 Å². The Morgan fingerprint density at radius 1 is 1.18 bits per heavy atom. The van der Waals surface area contributed by atoms with Crippen molar-refractivity contribution in [2.24, 2.45) is 0 Å². The highest BCUT2D eigenvalue weighted by molar-refractivity contribution is 7.13. The monoisotopic (exact) mass is 396 g/mol. The first-order chi connectivity index (χ1) is 13.7. The standard InChI is InChI=1S/C20H24N6OS/c1-23(14-17-13-22-26(15-17)18-5-3-2-4-6-18)19(27)16-24-8-10-25(11-9-24)20-21-7-12-28-20/h2-7,12-13,15H,8-11,14,16H2,1H3. The van der Waals surface area contributed by atoms with Gasteiger partial charge >= 0.3 is 0 Å². The van der Waals surface area contributed by atoms with E-state index < -0.39 is 0 Å². The number of piperazine rings is 1. The molecule has 0 saturated carbocycles. The molecule has 1 aromatic carbocycles. The first-order valence-corrected chi connectivity index (χ1v) is 10.3. The van der Waals surface area contributed by atoms with Crippen LogP contribution < -0.4 is 4.90 Å². The van der Waals surface area contributed by atoms with Crippen LogP contribution >= 0.6 is 11.3 Å². The Kier molecular flexibility index (Phi) is 5.68. The van der Waals surface area contributed by atoms with E-state index in [1.54, 1.807) is 16.2 Å². The van der Waals surface area contributed by atoms with E-state index in [0.717, 1.165) is 42.6 Å². The molecule has 1 saturated heterocycles. The lowest BCUT2D eigenvalue weighted by molar-refractivity contribution is -0.131. The predicted molar refractivity (Wildman–Crippen MR) is 111 cm³/mol. The van der Waals surface area contributed by atoms with Crippen molar-refractivity contribution in [2.45, 2.75) is 6.54 Å². The number of rotatable bonds is 6. The molecule has 1 aliphatic rings. The lowest BCUT2D eigenvalue weighted by atomic mass is 10.3. The quantitative estimate of drug-likeness (QED) is 0.639. The second-order valence-electron chi connectivity index (χ2n) is 6.96. The van der Waals surface area contributed by atoms with Crippen LogP contribution in [0.15, 0.2) is 54.3 Å². The summed E-state index contributed by atoms with van der Waals surface area (Å²) in [5, 5.41) is 7.47. The zero-order valence-corrected chi connectivity index (χ0v) is 16.8. The van der Waals surface area contributed by atoms with Crippen molar-refractivity contribution in [1.29, 1.82) is 0 Å². The Bertz CT molecular complexity index is 887. The van der Waals surface area contributed by atoms with Crippen molar-refractivity contribution in [3.63, 3.8) is 0 Å². The number of aromatic nitrogens is 3. The Morgan fingerprint density at radius 2 is 1.96 bits per heavy atom. The van der Waals surface area contributed by atoms with Crippen LogP contribution in [-0.2, 0) is 11.3 Å². The van der Waals surface area contributed by atoms with Gasteiger partial charge in [-0.15, -0.1) is 11.3 Å². The fourth-order valence-electron chi connectivity index (χ4n) is 3.31. The summed E-state index contributed by atoms with van der Waals surface area (Å²) in [5.74, 6) is 0.134. The van der Waals surface area contributed by atoms with Crippen molar-refractivity contribution in [2.75, 3.05) is 44.7 Å². The van der Waals surface area contributed by atoms with Crippen molar-refractivity contribution >= 4 is 22.4 Å². The van der Waals surface area contributed by atoms with Crippen LogP contribution in [-0.4, -0.2) is 70.2 Å². The lowest BCUT2D eigenvalue weighted by Crippen LogP contribution is -2.49. The topological polar surface area (TPSA) is 57.5 Å². The van der Waals surface area contributed by atoms with Crippen LogP contribution in [0.5, 0.6) is 0 Å². The van der Waals surface area contributed by atoms with Gasteiger partial charge in [-0.25, -0.2) is 9.67 Å². The molecule has 0 spiro atoms. The van der Waals surface area contributed by atoms with Gasteiger partial charge in [0.2, 0.25) is 5.91 Å². The van der Waals surface area contributed by atoms with E-state index in [4.69, 9.17) is 0 Å². The summed E-state index contributed by atoms with van der Waals surface area (Å²) < 4.78 is 1.84. The largest absolute Gasteiger partial charge is 0.346 e. The average molecular weight is 397 g/mol. The van der Waals surface area contributed by atoms with E-state index in [1.807, 2.05) is 66.0 Å². The molecule has 8 heteroatoms. The van der Waals surface area contributed by atoms with Gasteiger partial charge in [0.1, 0.15) is 0 Å². The molecule has 1 fully saturated rings. The summed E-state index contributed by atoms with van der Waals surface area (Å²) in [6.07, 6.45) is 5.64. The minimum atomic E-state index is 0.134. The molecular weight excluding hydrogens is 372 g/mol. The summed E-state index contributed by atoms with van der Waals surface area (Å²) in [5.41, 5.74) is 2.04. The van der Waals surface area contributed by atoms with E-state index in [2.05, 4.69) is 19.9 Å². The first kappa shape index (κ1) is 18.6. The SMILES string of the molecule is CN(Cc1cnn(-c2ccccc2)c1)C(=O)CN1CCN(c2nccs2)CC1. The minimum absolute atomic E-state index is 0.134. The third kappa shape index (κ3) is 4.40. The van der Waals surface area contributed by atoms with Crippen LogP contribution in [0.2, 0.25) is 0 Å². The molecule has 3 aromatic rings. The highest BCUT2D eigenvalue weighted by atomic mass is 32.1. The molecule has 28 heavy (non-hydrogen) atoms. The molecule has 0 bridgehead atoms. The average Bonchev–Trinajstić information content (AvgIpc) is 3.41. The smallest absolute Gasteiger partial charge is 0.236 e. The van der Waals surface area contributed by atoms with Gasteiger partial charge < -0.3 is 9.80 Å². The molecule has 4 rings (SSSR count). The number of carbonyl (C=O) groups excluding carboxylic acids is 1. The van der Waals surface area contributed by atoms with Crippen LogP contribution in [0.3, 0.4) is 0 Å². The Hall–Kier alpha value is -2.71. The number of thiazole rings is 1. The third-order valence-electron chi connectivity index (χ3n) is 4.92. The normalized spacial score (nSPS) is 15.0. The summed E-state index contributed by atoms with van der Waals surface area (Å²) in [6.45, 7) is 4.60. The Balaban J connectivity index is 1.27. The maximum absolute atomic E-state index is 12.6. The summed E-state index contributed by atoms with van der Waals surface area (Å²) in [6, 6.07) is 9.98. The van der Waals surface area contributed by atoms with E-state index in [1.165, 1.54) is 0 Å². The van der Waals surface area contributed by atoms with Gasteiger partial charge in [-0.2, -0.15) is 5.10 Å². The second-order valence-corrected chi connectivity index (χ2v) is 7.83. The number of benzene rings is 1. The number of hydrogen-bond donors (Lipinski definition) is 0. The van der Waals surface area contributed by atoms with Gasteiger partial charge in [0, 0.05) is 63.1 Å². The number of nitrogens with zero attached hydrogens (tertiary/aromatic N) is 6. The Morgan fingerprint density at radius 3 is 2.68 bits per heavy atom. The minimum Gasteiger partial charge on any atom is -0.346 e. The van der Waals surface area contributed by atoms with Crippen molar-refractivity contribution in [3.8, 4) is 5.69 Å². The molecule has 1 amide bonds. The zero-order chi connectivity index (χ0) is 19.3. The van der Waals surface area contributed by atoms with E-state index in [0.29, 0.717) is 13.1 Å².